The van der Waals surface area contributed by atoms with Crippen LogP contribution < -0.4 is 5.48 Å². The minimum Gasteiger partial charge on any atom is -0.353 e. The van der Waals surface area contributed by atoms with Crippen LogP contribution in [-0.4, -0.2) is 58.3 Å². The van der Waals surface area contributed by atoms with Gasteiger partial charge in [-0.05, 0) is 36.5 Å². The zero-order valence-electron chi connectivity index (χ0n) is 19.9. The molecule has 0 aliphatic rings. The summed E-state index contributed by atoms with van der Waals surface area (Å²) in [5.74, 6) is -1.17. The van der Waals surface area contributed by atoms with Crippen LogP contribution in [0.1, 0.15) is 38.7 Å². The van der Waals surface area contributed by atoms with E-state index in [1.807, 2.05) is 56.3 Å². The van der Waals surface area contributed by atoms with E-state index in [0.717, 1.165) is 21.2 Å². The van der Waals surface area contributed by atoms with Crippen LogP contribution in [0.3, 0.4) is 0 Å². The molecule has 9 nitrogen and oxygen atoms in total. The van der Waals surface area contributed by atoms with Gasteiger partial charge in [0.15, 0.2) is 0 Å². The molecule has 2 rings (SSSR count). The molecule has 0 unspecified atom stereocenters. The summed E-state index contributed by atoms with van der Waals surface area (Å²) in [5.41, 5.74) is 2.48. The second-order valence-corrected chi connectivity index (χ2v) is 10.3. The van der Waals surface area contributed by atoms with Gasteiger partial charge in [0.2, 0.25) is 15.9 Å². The fourth-order valence-electron chi connectivity index (χ4n) is 3.42. The number of hydrazine groups is 1. The van der Waals surface area contributed by atoms with E-state index < -0.39 is 27.9 Å². The summed E-state index contributed by atoms with van der Waals surface area (Å²) in [5, 5.41) is 10.4. The summed E-state index contributed by atoms with van der Waals surface area (Å²) in [4.78, 5) is 26.0. The normalized spacial score (nSPS) is 12.9. The van der Waals surface area contributed by atoms with Crippen LogP contribution in [0.5, 0.6) is 0 Å². The lowest BCUT2D eigenvalue weighted by Gasteiger charge is -2.37. The van der Waals surface area contributed by atoms with Crippen molar-refractivity contribution >= 4 is 27.9 Å². The van der Waals surface area contributed by atoms with Gasteiger partial charge in [-0.15, -0.1) is 4.41 Å². The van der Waals surface area contributed by atoms with Gasteiger partial charge >= 0.3 is 0 Å². The van der Waals surface area contributed by atoms with Crippen molar-refractivity contribution < 1.29 is 23.2 Å². The summed E-state index contributed by atoms with van der Waals surface area (Å²) >= 11 is 0. The van der Waals surface area contributed by atoms with E-state index in [1.165, 1.54) is 0 Å². The molecule has 2 N–H and O–H groups in total. The fraction of sp³-hybridized carbons (Fsp3) is 0.417. The second-order valence-electron chi connectivity index (χ2n) is 8.44. The Bertz CT molecular complexity index is 1040. The topological polar surface area (TPSA) is 112 Å². The number of amides is 2. The Labute approximate surface area is 201 Å². The highest BCUT2D eigenvalue weighted by Crippen LogP contribution is 2.19. The Morgan fingerprint density at radius 1 is 1.12 bits per heavy atom. The van der Waals surface area contributed by atoms with Gasteiger partial charge in [0.05, 0.1) is 12.8 Å². The van der Waals surface area contributed by atoms with E-state index in [1.54, 1.807) is 34.6 Å². The highest BCUT2D eigenvalue weighted by molar-refractivity contribution is 7.88. The maximum absolute atomic E-state index is 13.3. The highest BCUT2D eigenvalue weighted by Gasteiger charge is 2.37. The Hall–Kier alpha value is -2.95. The smallest absolute Gasteiger partial charge is 0.268 e. The van der Waals surface area contributed by atoms with E-state index in [0.29, 0.717) is 6.42 Å². The molecule has 0 spiro atoms. The van der Waals surface area contributed by atoms with E-state index in [4.69, 9.17) is 0 Å². The molecule has 0 saturated heterocycles. The molecule has 0 saturated carbocycles. The standard InChI is InChI=1S/C24H34N4O5S/c1-20(2)14-15-23(29)28(27(34(3,32)33)19-18-26-16-7-8-17-26)22(24(30)25-31)13-9-12-21-10-5-4-6-11-21/h4-12,16-17,20,22,31H,13-15,18-19H2,1-3H3,(H,25,30)/t22-/m0/s1. The average molecular weight is 491 g/mol. The molecule has 0 radical (unpaired) electrons. The molecule has 34 heavy (non-hydrogen) atoms. The number of carbonyl (C=O) groups is 2. The van der Waals surface area contributed by atoms with Gasteiger partial charge in [-0.2, -0.15) is 0 Å². The molecular formula is C24H34N4O5S. The van der Waals surface area contributed by atoms with Crippen molar-refractivity contribution in [2.24, 2.45) is 5.92 Å². The van der Waals surface area contributed by atoms with Gasteiger partial charge < -0.3 is 4.57 Å². The molecule has 0 fully saturated rings. The molecule has 1 aromatic carbocycles. The largest absolute Gasteiger partial charge is 0.353 e. The number of nitrogens with zero attached hydrogens (tertiary/aromatic N) is 3. The van der Waals surface area contributed by atoms with Crippen LogP contribution in [0.25, 0.3) is 6.08 Å². The Kier molecular flexibility index (Phi) is 10.5. The van der Waals surface area contributed by atoms with E-state index in [9.17, 15) is 23.2 Å². The van der Waals surface area contributed by atoms with Crippen LogP contribution >= 0.6 is 0 Å². The van der Waals surface area contributed by atoms with Gasteiger partial charge in [0, 0.05) is 25.4 Å². The number of carbonyl (C=O) groups excluding carboxylic acids is 2. The van der Waals surface area contributed by atoms with Crippen molar-refractivity contribution in [3.63, 3.8) is 0 Å². The van der Waals surface area contributed by atoms with Gasteiger partial charge in [0.25, 0.3) is 5.91 Å². The first-order chi connectivity index (χ1) is 16.1. The average Bonchev–Trinajstić information content (AvgIpc) is 3.31. The van der Waals surface area contributed by atoms with Crippen LogP contribution in [0.2, 0.25) is 0 Å². The third-order valence-corrected chi connectivity index (χ3v) is 6.33. The third-order valence-electron chi connectivity index (χ3n) is 5.21. The minimum absolute atomic E-state index is 0.00421. The monoisotopic (exact) mass is 490 g/mol. The molecule has 1 heterocycles. The minimum atomic E-state index is -3.93. The summed E-state index contributed by atoms with van der Waals surface area (Å²) in [6.45, 7) is 4.14. The highest BCUT2D eigenvalue weighted by atomic mass is 32.2. The first kappa shape index (κ1) is 27.3. The zero-order valence-corrected chi connectivity index (χ0v) is 20.7. The van der Waals surface area contributed by atoms with Crippen molar-refractivity contribution in [3.8, 4) is 0 Å². The lowest BCUT2D eigenvalue weighted by Crippen LogP contribution is -2.59. The van der Waals surface area contributed by atoms with Crippen LogP contribution in [0.15, 0.2) is 60.9 Å². The Morgan fingerprint density at radius 3 is 2.32 bits per heavy atom. The van der Waals surface area contributed by atoms with E-state index in [2.05, 4.69) is 0 Å². The molecule has 0 aliphatic carbocycles. The molecule has 2 amide bonds. The molecule has 1 aromatic heterocycles. The molecule has 10 heteroatoms. The van der Waals surface area contributed by atoms with Crippen molar-refractivity contribution in [1.82, 2.24) is 19.5 Å². The van der Waals surface area contributed by atoms with Crippen molar-refractivity contribution in [2.45, 2.75) is 45.7 Å². The zero-order chi connectivity index (χ0) is 25.1. The van der Waals surface area contributed by atoms with Gasteiger partial charge in [-0.1, -0.05) is 56.3 Å². The summed E-state index contributed by atoms with van der Waals surface area (Å²) in [6, 6.07) is 11.7. The predicted octanol–water partition coefficient (Wildman–Crippen LogP) is 2.91. The third kappa shape index (κ3) is 8.44. The van der Waals surface area contributed by atoms with Crippen LogP contribution in [0.4, 0.5) is 0 Å². The molecule has 2 aromatic rings. The number of rotatable bonds is 13. The lowest BCUT2D eigenvalue weighted by atomic mass is 10.1. The number of hydrogen-bond acceptors (Lipinski definition) is 5. The number of benzene rings is 1. The summed E-state index contributed by atoms with van der Waals surface area (Å²) < 4.78 is 28.3. The van der Waals surface area contributed by atoms with Crippen molar-refractivity contribution in [3.05, 3.63) is 66.5 Å². The number of sulfonamides is 1. The van der Waals surface area contributed by atoms with Crippen LogP contribution in [0, 0.1) is 5.92 Å². The summed E-state index contributed by atoms with van der Waals surface area (Å²) in [6.07, 6.45) is 8.62. The number of hydrogen-bond donors (Lipinski definition) is 2. The predicted molar refractivity (Wildman–Crippen MR) is 131 cm³/mol. The SMILES string of the molecule is CC(C)CCC(=O)N([C@@H](CC=Cc1ccccc1)C(=O)NO)N(CCn1cccc1)S(C)(=O)=O. The van der Waals surface area contributed by atoms with Crippen LogP contribution in [-0.2, 0) is 26.2 Å². The number of hydroxylamine groups is 1. The van der Waals surface area contributed by atoms with Crippen molar-refractivity contribution in [2.75, 3.05) is 12.8 Å². The first-order valence-corrected chi connectivity index (χ1v) is 13.0. The summed E-state index contributed by atoms with van der Waals surface area (Å²) in [7, 11) is -3.93. The molecule has 1 atom stereocenters. The van der Waals surface area contributed by atoms with Gasteiger partial charge in [0.1, 0.15) is 6.04 Å². The molecule has 0 bridgehead atoms. The fourth-order valence-corrected chi connectivity index (χ4v) is 4.36. The number of aromatic nitrogens is 1. The van der Waals surface area contributed by atoms with Gasteiger partial charge in [-0.25, -0.2) is 18.9 Å². The number of nitrogens with one attached hydrogen (secondary N) is 1. The second kappa shape index (κ2) is 13.1. The molecular weight excluding hydrogens is 456 g/mol. The quantitative estimate of drug-likeness (QED) is 0.331. The van der Waals surface area contributed by atoms with Gasteiger partial charge in [-0.3, -0.25) is 14.8 Å². The maximum atomic E-state index is 13.3. The first-order valence-electron chi connectivity index (χ1n) is 11.2. The molecule has 186 valence electrons. The Balaban J connectivity index is 2.41. The molecule has 0 aliphatic heterocycles. The lowest BCUT2D eigenvalue weighted by molar-refractivity contribution is -0.156. The maximum Gasteiger partial charge on any atom is 0.268 e. The Morgan fingerprint density at radius 2 is 1.76 bits per heavy atom. The van der Waals surface area contributed by atoms with Crippen molar-refractivity contribution in [1.29, 1.82) is 0 Å². The van der Waals surface area contributed by atoms with E-state index >= 15 is 0 Å². The van der Waals surface area contributed by atoms with E-state index in [-0.39, 0.29) is 31.8 Å².